The van der Waals surface area contributed by atoms with Crippen molar-refractivity contribution in [1.29, 1.82) is 0 Å². The van der Waals surface area contributed by atoms with Crippen LogP contribution in [0.3, 0.4) is 0 Å². The number of hydrogen-bond donors (Lipinski definition) is 2. The van der Waals surface area contributed by atoms with E-state index in [4.69, 9.17) is 4.74 Å². The molecule has 2 saturated heterocycles. The standard InChI is InChI=1S/C17H24N2O2/c20-17(12-21-9-8-13-4-2-1-3-5-13)19-16-10-14-6-7-15(11-16)18-14/h1-5,14-16,18H,6-12H2,(H,19,20). The second-order valence-corrected chi connectivity index (χ2v) is 6.16. The molecule has 1 amide bonds. The van der Waals surface area contributed by atoms with Crippen molar-refractivity contribution in [2.75, 3.05) is 13.2 Å². The third-order valence-corrected chi connectivity index (χ3v) is 4.45. The summed E-state index contributed by atoms with van der Waals surface area (Å²) in [5.41, 5.74) is 1.24. The molecule has 2 bridgehead atoms. The number of carbonyl (C=O) groups excluding carboxylic acids is 1. The minimum atomic E-state index is 0.0226. The van der Waals surface area contributed by atoms with E-state index in [-0.39, 0.29) is 12.5 Å². The van der Waals surface area contributed by atoms with E-state index in [1.165, 1.54) is 18.4 Å². The molecule has 3 rings (SSSR count). The van der Waals surface area contributed by atoms with E-state index in [9.17, 15) is 4.79 Å². The highest BCUT2D eigenvalue weighted by Crippen LogP contribution is 2.26. The van der Waals surface area contributed by atoms with Gasteiger partial charge in [-0.05, 0) is 37.7 Å². The Morgan fingerprint density at radius 1 is 1.19 bits per heavy atom. The zero-order valence-corrected chi connectivity index (χ0v) is 12.4. The summed E-state index contributed by atoms with van der Waals surface area (Å²) in [5, 5.41) is 6.70. The number of piperidine rings is 1. The molecule has 4 heteroatoms. The summed E-state index contributed by atoms with van der Waals surface area (Å²) < 4.78 is 5.48. The van der Waals surface area contributed by atoms with Crippen LogP contribution in [0, 0.1) is 0 Å². The molecule has 21 heavy (non-hydrogen) atoms. The lowest BCUT2D eigenvalue weighted by Crippen LogP contribution is -2.48. The molecule has 1 aromatic rings. The Labute approximate surface area is 126 Å². The van der Waals surface area contributed by atoms with Gasteiger partial charge in [-0.1, -0.05) is 30.3 Å². The summed E-state index contributed by atoms with van der Waals surface area (Å²) in [5.74, 6) is 0.0226. The lowest BCUT2D eigenvalue weighted by atomic mass is 10.00. The van der Waals surface area contributed by atoms with Crippen molar-refractivity contribution < 1.29 is 9.53 Å². The maximum atomic E-state index is 11.9. The highest BCUT2D eigenvalue weighted by Gasteiger charge is 2.33. The normalized spacial score (nSPS) is 27.5. The number of fused-ring (bicyclic) bond motifs is 2. The summed E-state index contributed by atoms with van der Waals surface area (Å²) in [6.07, 6.45) is 5.49. The van der Waals surface area contributed by atoms with Crippen LogP contribution in [0.4, 0.5) is 0 Å². The second-order valence-electron chi connectivity index (χ2n) is 6.16. The van der Waals surface area contributed by atoms with Gasteiger partial charge in [0.05, 0.1) is 6.61 Å². The van der Waals surface area contributed by atoms with Gasteiger partial charge in [-0.2, -0.15) is 0 Å². The fraction of sp³-hybridized carbons (Fsp3) is 0.588. The van der Waals surface area contributed by atoms with E-state index in [0.29, 0.717) is 24.7 Å². The van der Waals surface area contributed by atoms with Gasteiger partial charge in [-0.25, -0.2) is 0 Å². The molecule has 2 aliphatic rings. The van der Waals surface area contributed by atoms with Gasteiger partial charge in [0.2, 0.25) is 5.91 Å². The van der Waals surface area contributed by atoms with Crippen LogP contribution in [0.1, 0.15) is 31.2 Å². The first kappa shape index (κ1) is 14.5. The summed E-state index contributed by atoms with van der Waals surface area (Å²) in [4.78, 5) is 11.9. The zero-order valence-electron chi connectivity index (χ0n) is 12.4. The van der Waals surface area contributed by atoms with Crippen LogP contribution in [0.5, 0.6) is 0 Å². The van der Waals surface area contributed by atoms with Gasteiger partial charge in [0.15, 0.2) is 0 Å². The lowest BCUT2D eigenvalue weighted by Gasteiger charge is -2.29. The van der Waals surface area contributed by atoms with E-state index < -0.39 is 0 Å². The quantitative estimate of drug-likeness (QED) is 0.783. The Morgan fingerprint density at radius 3 is 2.62 bits per heavy atom. The molecule has 0 aromatic heterocycles. The number of ether oxygens (including phenoxy) is 1. The van der Waals surface area contributed by atoms with Crippen LogP contribution in [-0.4, -0.2) is 37.2 Å². The third-order valence-electron chi connectivity index (χ3n) is 4.45. The molecule has 0 saturated carbocycles. The molecule has 0 aliphatic carbocycles. The van der Waals surface area contributed by atoms with Crippen molar-refractivity contribution in [2.24, 2.45) is 0 Å². The molecule has 2 fully saturated rings. The maximum Gasteiger partial charge on any atom is 0.246 e. The number of benzene rings is 1. The first-order valence-corrected chi connectivity index (χ1v) is 7.96. The number of rotatable bonds is 6. The highest BCUT2D eigenvalue weighted by atomic mass is 16.5. The minimum Gasteiger partial charge on any atom is -0.371 e. The summed E-state index contributed by atoms with van der Waals surface area (Å²) in [6, 6.07) is 11.7. The lowest BCUT2D eigenvalue weighted by molar-refractivity contribution is -0.126. The van der Waals surface area contributed by atoms with E-state index in [2.05, 4.69) is 22.8 Å². The van der Waals surface area contributed by atoms with E-state index >= 15 is 0 Å². The van der Waals surface area contributed by atoms with Crippen LogP contribution < -0.4 is 10.6 Å². The van der Waals surface area contributed by atoms with Gasteiger partial charge >= 0.3 is 0 Å². The molecule has 2 N–H and O–H groups in total. The van der Waals surface area contributed by atoms with E-state index in [1.54, 1.807) is 0 Å². The molecule has 2 heterocycles. The smallest absolute Gasteiger partial charge is 0.246 e. The van der Waals surface area contributed by atoms with Crippen LogP contribution in [0.2, 0.25) is 0 Å². The third kappa shape index (κ3) is 4.29. The van der Waals surface area contributed by atoms with Crippen LogP contribution >= 0.6 is 0 Å². The maximum absolute atomic E-state index is 11.9. The Hall–Kier alpha value is -1.39. The Bertz CT molecular complexity index is 451. The summed E-state index contributed by atoms with van der Waals surface area (Å²) in [7, 11) is 0. The van der Waals surface area contributed by atoms with Gasteiger partial charge in [0, 0.05) is 18.1 Å². The van der Waals surface area contributed by atoms with Gasteiger partial charge in [-0.3, -0.25) is 4.79 Å². The van der Waals surface area contributed by atoms with Crippen molar-refractivity contribution in [3.8, 4) is 0 Å². The Kier molecular flexibility index (Phi) is 4.88. The SMILES string of the molecule is O=C(COCCc1ccccc1)NC1CC2CCC(C1)N2. The summed E-state index contributed by atoms with van der Waals surface area (Å²) in [6.45, 7) is 0.765. The molecule has 4 nitrogen and oxygen atoms in total. The average Bonchev–Trinajstić information content (AvgIpc) is 2.84. The Balaban J connectivity index is 1.31. The number of carbonyl (C=O) groups is 1. The van der Waals surface area contributed by atoms with Crippen molar-refractivity contribution in [3.05, 3.63) is 35.9 Å². The van der Waals surface area contributed by atoms with E-state index in [0.717, 1.165) is 19.3 Å². The van der Waals surface area contributed by atoms with Crippen molar-refractivity contribution in [1.82, 2.24) is 10.6 Å². The number of amides is 1. The van der Waals surface area contributed by atoms with Crippen LogP contribution in [0.15, 0.2) is 30.3 Å². The molecule has 2 unspecified atom stereocenters. The number of nitrogens with one attached hydrogen (secondary N) is 2. The average molecular weight is 288 g/mol. The molecule has 2 aliphatic heterocycles. The van der Waals surface area contributed by atoms with Crippen LogP contribution in [-0.2, 0) is 16.0 Å². The van der Waals surface area contributed by atoms with Gasteiger partial charge in [-0.15, -0.1) is 0 Å². The zero-order chi connectivity index (χ0) is 14.5. The fourth-order valence-electron chi connectivity index (χ4n) is 3.44. The molecule has 0 radical (unpaired) electrons. The molecule has 1 aromatic carbocycles. The predicted molar refractivity (Wildman–Crippen MR) is 82.1 cm³/mol. The first-order valence-electron chi connectivity index (χ1n) is 7.96. The number of hydrogen-bond acceptors (Lipinski definition) is 3. The fourth-order valence-corrected chi connectivity index (χ4v) is 3.44. The van der Waals surface area contributed by atoms with Crippen molar-refractivity contribution >= 4 is 5.91 Å². The first-order chi connectivity index (χ1) is 10.3. The van der Waals surface area contributed by atoms with Gasteiger partial charge in [0.1, 0.15) is 6.61 Å². The Morgan fingerprint density at radius 2 is 1.90 bits per heavy atom. The molecular formula is C17H24N2O2. The molecule has 114 valence electrons. The van der Waals surface area contributed by atoms with Crippen molar-refractivity contribution in [2.45, 2.75) is 50.2 Å². The minimum absolute atomic E-state index is 0.0226. The largest absolute Gasteiger partial charge is 0.371 e. The molecule has 0 spiro atoms. The van der Waals surface area contributed by atoms with Crippen LogP contribution in [0.25, 0.3) is 0 Å². The topological polar surface area (TPSA) is 50.4 Å². The highest BCUT2D eigenvalue weighted by molar-refractivity contribution is 5.77. The molecular weight excluding hydrogens is 264 g/mol. The monoisotopic (exact) mass is 288 g/mol. The van der Waals surface area contributed by atoms with E-state index in [1.807, 2.05) is 18.2 Å². The summed E-state index contributed by atoms with van der Waals surface area (Å²) >= 11 is 0. The second kappa shape index (κ2) is 7.05. The predicted octanol–water partition coefficient (Wildman–Crippen LogP) is 1.64. The van der Waals surface area contributed by atoms with Gasteiger partial charge < -0.3 is 15.4 Å². The van der Waals surface area contributed by atoms with Crippen molar-refractivity contribution in [3.63, 3.8) is 0 Å². The van der Waals surface area contributed by atoms with Gasteiger partial charge in [0.25, 0.3) is 0 Å². The molecule has 2 atom stereocenters.